The molecule has 1 heterocycles. The Morgan fingerprint density at radius 2 is 2.00 bits per heavy atom. The molecule has 0 aliphatic heterocycles. The number of carbonyl (C=O) groups is 1. The molecule has 0 fully saturated rings. The highest BCUT2D eigenvalue weighted by Gasteiger charge is 2.22. The highest BCUT2D eigenvalue weighted by atomic mass is 35.5. The molecule has 1 amide bonds. The van der Waals surface area contributed by atoms with Crippen LogP contribution in [0.1, 0.15) is 32.4 Å². The van der Waals surface area contributed by atoms with Crippen molar-refractivity contribution in [3.05, 3.63) is 58.1 Å². The summed E-state index contributed by atoms with van der Waals surface area (Å²) >= 11 is 13.5. The average molecular weight is 466 g/mol. The van der Waals surface area contributed by atoms with Gasteiger partial charge in [-0.2, -0.15) is 4.68 Å². The molecule has 1 N–H and O–H groups in total. The Balaban J connectivity index is 1.72. The van der Waals surface area contributed by atoms with Crippen LogP contribution in [0.25, 0.3) is 5.69 Å². The van der Waals surface area contributed by atoms with Gasteiger partial charge in [-0.1, -0.05) is 53.2 Å². The summed E-state index contributed by atoms with van der Waals surface area (Å²) in [5, 5.41) is 16.0. The summed E-state index contributed by atoms with van der Waals surface area (Å²) in [5.41, 5.74) is 1.50. The second kappa shape index (κ2) is 10.1. The number of nitrogens with one attached hydrogen (secondary N) is 1. The second-order valence-electron chi connectivity index (χ2n) is 6.43. The van der Waals surface area contributed by atoms with Crippen molar-refractivity contribution in [3.8, 4) is 11.4 Å². The summed E-state index contributed by atoms with van der Waals surface area (Å²) in [7, 11) is 0. The second-order valence-corrected chi connectivity index (χ2v) is 8.58. The molecule has 0 radical (unpaired) electrons. The zero-order chi connectivity index (χ0) is 21.7. The minimum Gasteiger partial charge on any atom is -0.492 e. The molecule has 10 heteroatoms. The van der Waals surface area contributed by atoms with Crippen LogP contribution in [-0.2, 0) is 4.79 Å². The minimum atomic E-state index is -0.442. The molecule has 2 unspecified atom stereocenters. The summed E-state index contributed by atoms with van der Waals surface area (Å²) in [5.74, 6) is 0.503. The maximum Gasteiger partial charge on any atom is 0.233 e. The summed E-state index contributed by atoms with van der Waals surface area (Å²) < 4.78 is 7.23. The van der Waals surface area contributed by atoms with Gasteiger partial charge in [0.2, 0.25) is 11.1 Å². The third-order valence-corrected chi connectivity index (χ3v) is 5.87. The van der Waals surface area contributed by atoms with Gasteiger partial charge in [0, 0.05) is 10.0 Å². The quantitative estimate of drug-likeness (QED) is 0.484. The maximum absolute atomic E-state index is 12.7. The van der Waals surface area contributed by atoms with Crippen LogP contribution in [0.3, 0.4) is 0 Å². The summed E-state index contributed by atoms with van der Waals surface area (Å²) in [6, 6.07) is 12.4. The van der Waals surface area contributed by atoms with E-state index in [2.05, 4.69) is 20.8 Å². The fraction of sp³-hybridized carbons (Fsp3) is 0.300. The van der Waals surface area contributed by atoms with Crippen LogP contribution in [0, 0.1) is 0 Å². The van der Waals surface area contributed by atoms with E-state index in [0.29, 0.717) is 33.2 Å². The Morgan fingerprint density at radius 1 is 1.23 bits per heavy atom. The first-order valence-corrected chi connectivity index (χ1v) is 11.0. The molecule has 2 aromatic carbocycles. The van der Waals surface area contributed by atoms with Gasteiger partial charge in [0.25, 0.3) is 0 Å². The first kappa shape index (κ1) is 22.4. The summed E-state index contributed by atoms with van der Waals surface area (Å²) in [6.45, 7) is 6.09. The van der Waals surface area contributed by atoms with E-state index >= 15 is 0 Å². The van der Waals surface area contributed by atoms with Gasteiger partial charge in [-0.25, -0.2) is 0 Å². The molecule has 2 atom stereocenters. The van der Waals surface area contributed by atoms with Crippen LogP contribution in [-0.4, -0.2) is 38.0 Å². The number of hydrogen-bond acceptors (Lipinski definition) is 6. The van der Waals surface area contributed by atoms with Crippen LogP contribution in [0.5, 0.6) is 5.75 Å². The van der Waals surface area contributed by atoms with Crippen LogP contribution >= 0.6 is 35.0 Å². The first-order valence-electron chi connectivity index (χ1n) is 9.33. The van der Waals surface area contributed by atoms with Crippen LogP contribution in [0.15, 0.2) is 47.6 Å². The van der Waals surface area contributed by atoms with E-state index in [0.717, 1.165) is 5.56 Å². The van der Waals surface area contributed by atoms with E-state index < -0.39 is 5.25 Å². The molecule has 3 rings (SSSR count). The molecular weight excluding hydrogens is 445 g/mol. The highest BCUT2D eigenvalue weighted by Crippen LogP contribution is 2.29. The van der Waals surface area contributed by atoms with Crippen LogP contribution in [0.4, 0.5) is 0 Å². The third kappa shape index (κ3) is 5.24. The smallest absolute Gasteiger partial charge is 0.233 e. The van der Waals surface area contributed by atoms with Crippen LogP contribution < -0.4 is 10.1 Å². The predicted molar refractivity (Wildman–Crippen MR) is 119 cm³/mol. The van der Waals surface area contributed by atoms with Gasteiger partial charge in [0.15, 0.2) is 0 Å². The van der Waals surface area contributed by atoms with E-state index in [1.54, 1.807) is 29.8 Å². The van der Waals surface area contributed by atoms with E-state index in [1.807, 2.05) is 38.1 Å². The van der Waals surface area contributed by atoms with Crippen molar-refractivity contribution in [2.75, 3.05) is 6.61 Å². The third-order valence-electron chi connectivity index (χ3n) is 4.27. The molecule has 0 spiro atoms. The predicted octanol–water partition coefficient (Wildman–Crippen LogP) is 4.73. The molecule has 0 aliphatic rings. The van der Waals surface area contributed by atoms with Crippen molar-refractivity contribution in [3.63, 3.8) is 0 Å². The number of nitrogens with zero attached hydrogens (tertiary/aromatic N) is 4. The largest absolute Gasteiger partial charge is 0.492 e. The van der Waals surface area contributed by atoms with Crippen molar-refractivity contribution >= 4 is 40.9 Å². The molecule has 0 saturated carbocycles. The fourth-order valence-electron chi connectivity index (χ4n) is 2.79. The Bertz CT molecular complexity index is 1030. The molecule has 3 aromatic rings. The topological polar surface area (TPSA) is 81.9 Å². The average Bonchev–Trinajstić information content (AvgIpc) is 3.16. The molecule has 0 bridgehead atoms. The van der Waals surface area contributed by atoms with E-state index in [1.165, 1.54) is 11.8 Å². The number of amides is 1. The molecule has 7 nitrogen and oxygen atoms in total. The van der Waals surface area contributed by atoms with Gasteiger partial charge in [-0.05, 0) is 61.0 Å². The number of halogens is 2. The normalized spacial score (nSPS) is 13.0. The number of para-hydroxylation sites is 2. The Hall–Kier alpha value is -2.29. The van der Waals surface area contributed by atoms with Gasteiger partial charge in [-0.15, -0.1) is 5.10 Å². The van der Waals surface area contributed by atoms with Crippen molar-refractivity contribution in [2.45, 2.75) is 37.2 Å². The molecule has 30 heavy (non-hydrogen) atoms. The number of benzene rings is 2. The number of aromatic nitrogens is 4. The number of carbonyl (C=O) groups excluding carboxylic acids is 1. The van der Waals surface area contributed by atoms with Gasteiger partial charge in [0.1, 0.15) is 11.4 Å². The molecular formula is C20H21Cl2N5O2S. The fourth-order valence-corrected chi connectivity index (χ4v) is 4.17. The lowest BCUT2D eigenvalue weighted by atomic mass is 10.1. The summed E-state index contributed by atoms with van der Waals surface area (Å²) in [6.07, 6.45) is 0. The van der Waals surface area contributed by atoms with Crippen molar-refractivity contribution in [1.29, 1.82) is 0 Å². The number of ether oxygens (including phenoxy) is 1. The first-order chi connectivity index (χ1) is 14.4. The van der Waals surface area contributed by atoms with Gasteiger partial charge in [-0.3, -0.25) is 4.79 Å². The monoisotopic (exact) mass is 465 g/mol. The lowest BCUT2D eigenvalue weighted by molar-refractivity contribution is -0.120. The van der Waals surface area contributed by atoms with Gasteiger partial charge < -0.3 is 10.1 Å². The standard InChI is InChI=1S/C20H21Cl2N5O2S/c1-4-29-18-8-6-5-7-17(18)27-20(24-25-26-27)30-13(3)19(28)23-12(2)15-10-9-14(21)11-16(15)22/h5-13H,4H2,1-3H3,(H,23,28). The lowest BCUT2D eigenvalue weighted by Crippen LogP contribution is -2.33. The molecule has 0 saturated heterocycles. The zero-order valence-electron chi connectivity index (χ0n) is 16.7. The van der Waals surface area contributed by atoms with Crippen LogP contribution in [0.2, 0.25) is 10.0 Å². The van der Waals surface area contributed by atoms with E-state index in [9.17, 15) is 4.79 Å². The zero-order valence-corrected chi connectivity index (χ0v) is 19.0. The van der Waals surface area contributed by atoms with Crippen molar-refractivity contribution in [1.82, 2.24) is 25.5 Å². The van der Waals surface area contributed by atoms with E-state index in [4.69, 9.17) is 27.9 Å². The Kier molecular flexibility index (Phi) is 7.58. The Morgan fingerprint density at radius 3 is 2.73 bits per heavy atom. The lowest BCUT2D eigenvalue weighted by Gasteiger charge is -2.18. The highest BCUT2D eigenvalue weighted by molar-refractivity contribution is 8.00. The van der Waals surface area contributed by atoms with Gasteiger partial charge in [0.05, 0.1) is 17.9 Å². The summed E-state index contributed by atoms with van der Waals surface area (Å²) in [4.78, 5) is 12.7. The number of tetrazole rings is 1. The maximum atomic E-state index is 12.7. The minimum absolute atomic E-state index is 0.161. The molecule has 158 valence electrons. The van der Waals surface area contributed by atoms with Gasteiger partial charge >= 0.3 is 0 Å². The van der Waals surface area contributed by atoms with Crippen molar-refractivity contribution in [2.24, 2.45) is 0 Å². The number of rotatable bonds is 8. The van der Waals surface area contributed by atoms with Crippen molar-refractivity contribution < 1.29 is 9.53 Å². The molecule has 1 aromatic heterocycles. The Labute approximate surface area is 189 Å². The number of hydrogen-bond donors (Lipinski definition) is 1. The molecule has 0 aliphatic carbocycles. The SMILES string of the molecule is CCOc1ccccc1-n1nnnc1SC(C)C(=O)NC(C)c1ccc(Cl)cc1Cl. The van der Waals surface area contributed by atoms with E-state index in [-0.39, 0.29) is 11.9 Å². The number of thioether (sulfide) groups is 1.